The number of carbonyl (C=O) groups is 1. The van der Waals surface area contributed by atoms with Gasteiger partial charge in [-0.05, 0) is 31.2 Å². The molecule has 24 heavy (non-hydrogen) atoms. The Kier molecular flexibility index (Phi) is 3.49. The molecule has 1 aliphatic heterocycles. The lowest BCUT2D eigenvalue weighted by Crippen LogP contribution is -2.25. The van der Waals surface area contributed by atoms with Gasteiger partial charge in [-0.15, -0.1) is 0 Å². The fourth-order valence-electron chi connectivity index (χ4n) is 2.60. The van der Waals surface area contributed by atoms with Crippen LogP contribution in [0.4, 0.5) is 5.69 Å². The lowest BCUT2D eigenvalue weighted by molar-refractivity contribution is -0.118. The van der Waals surface area contributed by atoms with Crippen molar-refractivity contribution in [2.45, 2.75) is 13.5 Å². The number of hydrogen-bond acceptors (Lipinski definition) is 5. The smallest absolute Gasteiger partial charge is 0.262 e. The first kappa shape index (κ1) is 14.4. The Balaban J connectivity index is 1.62. The van der Waals surface area contributed by atoms with Crippen molar-refractivity contribution in [3.8, 4) is 11.5 Å². The third-order valence-corrected chi connectivity index (χ3v) is 3.82. The van der Waals surface area contributed by atoms with Gasteiger partial charge in [-0.1, -0.05) is 18.2 Å². The summed E-state index contributed by atoms with van der Waals surface area (Å²) in [5.74, 6) is 0.962. The van der Waals surface area contributed by atoms with Gasteiger partial charge >= 0.3 is 0 Å². The van der Waals surface area contributed by atoms with Crippen molar-refractivity contribution in [1.82, 2.24) is 9.97 Å². The van der Waals surface area contributed by atoms with Gasteiger partial charge in [0.15, 0.2) is 6.61 Å². The van der Waals surface area contributed by atoms with Crippen LogP contribution in [0.3, 0.4) is 0 Å². The van der Waals surface area contributed by atoms with Crippen LogP contribution in [-0.2, 0) is 11.4 Å². The van der Waals surface area contributed by atoms with Gasteiger partial charge in [-0.3, -0.25) is 4.79 Å². The van der Waals surface area contributed by atoms with Crippen LogP contribution in [0.5, 0.6) is 11.5 Å². The molecule has 0 aliphatic carbocycles. The summed E-state index contributed by atoms with van der Waals surface area (Å²) in [4.78, 5) is 20.7. The van der Waals surface area contributed by atoms with Gasteiger partial charge in [0.25, 0.3) is 5.91 Å². The average molecular weight is 321 g/mol. The van der Waals surface area contributed by atoms with Crippen molar-refractivity contribution >= 4 is 22.6 Å². The zero-order valence-corrected chi connectivity index (χ0v) is 13.1. The molecule has 0 saturated heterocycles. The molecule has 1 amide bonds. The molecule has 0 fully saturated rings. The van der Waals surface area contributed by atoms with Crippen molar-refractivity contribution in [2.75, 3.05) is 11.9 Å². The number of hydrogen-bond donors (Lipinski definition) is 1. The highest BCUT2D eigenvalue weighted by molar-refractivity contribution is 5.97. The summed E-state index contributed by atoms with van der Waals surface area (Å²) < 4.78 is 11.3. The second-order valence-electron chi connectivity index (χ2n) is 5.50. The van der Waals surface area contributed by atoms with E-state index in [2.05, 4.69) is 15.3 Å². The van der Waals surface area contributed by atoms with Crippen LogP contribution in [0, 0.1) is 6.92 Å². The first-order chi connectivity index (χ1) is 11.7. The van der Waals surface area contributed by atoms with Crippen LogP contribution >= 0.6 is 0 Å². The van der Waals surface area contributed by atoms with Gasteiger partial charge in [-0.25, -0.2) is 9.97 Å². The van der Waals surface area contributed by atoms with E-state index in [1.807, 2.05) is 37.3 Å². The Labute approximate surface area is 138 Å². The number of benzene rings is 2. The fourth-order valence-corrected chi connectivity index (χ4v) is 2.60. The monoisotopic (exact) mass is 321 g/mol. The lowest BCUT2D eigenvalue weighted by atomic mass is 10.2. The normalized spacial score (nSPS) is 13.1. The minimum atomic E-state index is -0.194. The highest BCUT2D eigenvalue weighted by Gasteiger charge is 2.20. The second kappa shape index (κ2) is 5.81. The molecular weight excluding hydrogens is 306 g/mol. The molecular formula is C18H15N3O3. The molecule has 0 atom stereocenters. The number of nitrogens with zero attached hydrogens (tertiary/aromatic N) is 2. The first-order valence-corrected chi connectivity index (χ1v) is 7.61. The van der Waals surface area contributed by atoms with Gasteiger partial charge < -0.3 is 14.8 Å². The van der Waals surface area contributed by atoms with E-state index in [-0.39, 0.29) is 19.1 Å². The molecule has 120 valence electrons. The third-order valence-electron chi connectivity index (χ3n) is 3.82. The van der Waals surface area contributed by atoms with E-state index in [0.717, 1.165) is 22.4 Å². The number of para-hydroxylation sites is 3. The molecule has 6 nitrogen and oxygen atoms in total. The van der Waals surface area contributed by atoms with Gasteiger partial charge in [0.05, 0.1) is 22.4 Å². The number of anilines is 1. The predicted molar refractivity (Wildman–Crippen MR) is 89.2 cm³/mol. The van der Waals surface area contributed by atoms with E-state index < -0.39 is 0 Å². The molecule has 0 spiro atoms. The van der Waals surface area contributed by atoms with Crippen LogP contribution in [0.2, 0.25) is 0 Å². The van der Waals surface area contributed by atoms with E-state index in [0.29, 0.717) is 17.2 Å². The molecule has 0 radical (unpaired) electrons. The summed E-state index contributed by atoms with van der Waals surface area (Å²) in [6, 6.07) is 13.1. The SMILES string of the molecule is Cc1nc2ccccc2nc1COc1cccc2c1NC(=O)CO2. The number of fused-ring (bicyclic) bond motifs is 2. The van der Waals surface area contributed by atoms with E-state index >= 15 is 0 Å². The molecule has 0 bridgehead atoms. The molecule has 4 rings (SSSR count). The summed E-state index contributed by atoms with van der Waals surface area (Å²) in [7, 11) is 0. The van der Waals surface area contributed by atoms with Crippen molar-refractivity contribution in [3.63, 3.8) is 0 Å². The van der Waals surface area contributed by atoms with Crippen molar-refractivity contribution < 1.29 is 14.3 Å². The van der Waals surface area contributed by atoms with Gasteiger partial charge in [0.1, 0.15) is 23.8 Å². The molecule has 2 aromatic carbocycles. The number of aromatic nitrogens is 2. The molecule has 0 unspecified atom stereocenters. The highest BCUT2D eigenvalue weighted by atomic mass is 16.5. The lowest BCUT2D eigenvalue weighted by Gasteiger charge is -2.20. The number of ether oxygens (including phenoxy) is 2. The summed E-state index contributed by atoms with van der Waals surface area (Å²) in [6.45, 7) is 2.19. The van der Waals surface area contributed by atoms with Gasteiger partial charge in [0.2, 0.25) is 0 Å². The fraction of sp³-hybridized carbons (Fsp3) is 0.167. The standard InChI is InChI=1S/C18H15N3O3/c1-11-14(20-13-6-3-2-5-12(13)19-11)9-23-15-7-4-8-16-18(15)21-17(22)10-24-16/h2-8H,9-10H2,1H3,(H,21,22). The number of carbonyl (C=O) groups excluding carboxylic acids is 1. The molecule has 2 heterocycles. The molecule has 6 heteroatoms. The molecule has 0 saturated carbocycles. The molecule has 1 N–H and O–H groups in total. The highest BCUT2D eigenvalue weighted by Crippen LogP contribution is 2.36. The van der Waals surface area contributed by atoms with Crippen molar-refractivity contribution in [2.24, 2.45) is 0 Å². The largest absolute Gasteiger partial charge is 0.485 e. The Morgan fingerprint density at radius 3 is 2.75 bits per heavy atom. The Bertz CT molecular complexity index is 940. The topological polar surface area (TPSA) is 73.3 Å². The molecule has 1 aliphatic rings. The summed E-state index contributed by atoms with van der Waals surface area (Å²) >= 11 is 0. The Morgan fingerprint density at radius 2 is 1.92 bits per heavy atom. The van der Waals surface area contributed by atoms with Crippen LogP contribution in [0.1, 0.15) is 11.4 Å². The number of aryl methyl sites for hydroxylation is 1. The third kappa shape index (κ3) is 2.62. The molecule has 1 aromatic heterocycles. The van der Waals surface area contributed by atoms with Crippen LogP contribution in [0.15, 0.2) is 42.5 Å². The van der Waals surface area contributed by atoms with Crippen molar-refractivity contribution in [1.29, 1.82) is 0 Å². The van der Waals surface area contributed by atoms with Crippen molar-refractivity contribution in [3.05, 3.63) is 53.9 Å². The predicted octanol–water partition coefficient (Wildman–Crippen LogP) is 2.85. The van der Waals surface area contributed by atoms with Crippen LogP contribution < -0.4 is 14.8 Å². The maximum atomic E-state index is 11.5. The van der Waals surface area contributed by atoms with E-state index in [9.17, 15) is 4.79 Å². The number of rotatable bonds is 3. The summed E-state index contributed by atoms with van der Waals surface area (Å²) in [5.41, 5.74) is 3.82. The van der Waals surface area contributed by atoms with Crippen LogP contribution in [-0.4, -0.2) is 22.5 Å². The van der Waals surface area contributed by atoms with E-state index in [4.69, 9.17) is 9.47 Å². The van der Waals surface area contributed by atoms with Gasteiger partial charge in [0, 0.05) is 0 Å². The maximum Gasteiger partial charge on any atom is 0.262 e. The number of amides is 1. The maximum absolute atomic E-state index is 11.5. The quantitative estimate of drug-likeness (QED) is 0.803. The average Bonchev–Trinajstić information content (AvgIpc) is 2.60. The Hall–Kier alpha value is -3.15. The summed E-state index contributed by atoms with van der Waals surface area (Å²) in [5, 5.41) is 2.78. The second-order valence-corrected chi connectivity index (χ2v) is 5.50. The molecule has 3 aromatic rings. The minimum absolute atomic E-state index is 0.0196. The zero-order chi connectivity index (χ0) is 16.5. The van der Waals surface area contributed by atoms with Crippen LogP contribution in [0.25, 0.3) is 11.0 Å². The van der Waals surface area contributed by atoms with E-state index in [1.165, 1.54) is 0 Å². The van der Waals surface area contributed by atoms with Gasteiger partial charge in [-0.2, -0.15) is 0 Å². The Morgan fingerprint density at radius 1 is 1.12 bits per heavy atom. The van der Waals surface area contributed by atoms with E-state index in [1.54, 1.807) is 12.1 Å². The summed E-state index contributed by atoms with van der Waals surface area (Å²) in [6.07, 6.45) is 0. The zero-order valence-electron chi connectivity index (χ0n) is 13.1. The first-order valence-electron chi connectivity index (χ1n) is 7.61. The minimum Gasteiger partial charge on any atom is -0.485 e. The number of nitrogens with one attached hydrogen (secondary N) is 1.